The van der Waals surface area contributed by atoms with Crippen LogP contribution in [0.4, 0.5) is 11.6 Å². The van der Waals surface area contributed by atoms with Crippen LogP contribution in [0.25, 0.3) is 0 Å². The van der Waals surface area contributed by atoms with E-state index in [2.05, 4.69) is 64.2 Å². The maximum Gasteiger partial charge on any atom is 0.145 e. The SMILES string of the molecule is CCCNc1ncnc(NCC(C)(C)C)c1Br. The minimum absolute atomic E-state index is 0.224. The molecule has 0 amide bonds. The third-order valence-electron chi connectivity index (χ3n) is 2.12. The molecule has 0 atom stereocenters. The number of halogens is 1. The molecule has 0 fully saturated rings. The van der Waals surface area contributed by atoms with Gasteiger partial charge in [-0.3, -0.25) is 0 Å². The zero-order valence-electron chi connectivity index (χ0n) is 11.0. The lowest BCUT2D eigenvalue weighted by molar-refractivity contribution is 0.442. The van der Waals surface area contributed by atoms with Crippen molar-refractivity contribution in [2.45, 2.75) is 34.1 Å². The normalized spacial score (nSPS) is 11.4. The number of hydrogen-bond donors (Lipinski definition) is 2. The minimum Gasteiger partial charge on any atom is -0.369 e. The summed E-state index contributed by atoms with van der Waals surface area (Å²) in [4.78, 5) is 8.45. The second-order valence-electron chi connectivity index (χ2n) is 5.23. The van der Waals surface area contributed by atoms with Gasteiger partial charge in [0, 0.05) is 13.1 Å². The van der Waals surface area contributed by atoms with Crippen molar-refractivity contribution in [3.8, 4) is 0 Å². The smallest absolute Gasteiger partial charge is 0.145 e. The summed E-state index contributed by atoms with van der Waals surface area (Å²) in [6.45, 7) is 10.5. The van der Waals surface area contributed by atoms with Crippen molar-refractivity contribution in [3.63, 3.8) is 0 Å². The Morgan fingerprint density at radius 2 is 1.76 bits per heavy atom. The average Bonchev–Trinajstić information content (AvgIpc) is 2.25. The second-order valence-corrected chi connectivity index (χ2v) is 6.02. The van der Waals surface area contributed by atoms with Gasteiger partial charge in [0.05, 0.1) is 0 Å². The number of hydrogen-bond acceptors (Lipinski definition) is 4. The molecule has 4 nitrogen and oxygen atoms in total. The maximum absolute atomic E-state index is 4.24. The van der Waals surface area contributed by atoms with E-state index in [4.69, 9.17) is 0 Å². The van der Waals surface area contributed by atoms with E-state index in [0.29, 0.717) is 0 Å². The van der Waals surface area contributed by atoms with Crippen LogP contribution in [0.3, 0.4) is 0 Å². The van der Waals surface area contributed by atoms with Gasteiger partial charge in [-0.05, 0) is 27.8 Å². The van der Waals surface area contributed by atoms with Crippen LogP contribution >= 0.6 is 15.9 Å². The molecule has 2 N–H and O–H groups in total. The van der Waals surface area contributed by atoms with E-state index in [1.165, 1.54) is 0 Å². The van der Waals surface area contributed by atoms with Crippen LogP contribution in [0, 0.1) is 5.41 Å². The Kier molecular flexibility index (Phi) is 5.18. The number of rotatable bonds is 5. The molecule has 0 aliphatic carbocycles. The van der Waals surface area contributed by atoms with Gasteiger partial charge in [0.25, 0.3) is 0 Å². The topological polar surface area (TPSA) is 49.8 Å². The van der Waals surface area contributed by atoms with Crippen LogP contribution < -0.4 is 10.6 Å². The van der Waals surface area contributed by atoms with Crippen molar-refractivity contribution < 1.29 is 0 Å². The van der Waals surface area contributed by atoms with Gasteiger partial charge < -0.3 is 10.6 Å². The molecule has 0 spiro atoms. The molecule has 96 valence electrons. The third-order valence-corrected chi connectivity index (χ3v) is 2.87. The predicted octanol–water partition coefficient (Wildman–Crippen LogP) is 3.52. The van der Waals surface area contributed by atoms with Crippen molar-refractivity contribution in [3.05, 3.63) is 10.8 Å². The molecule has 0 saturated carbocycles. The first kappa shape index (κ1) is 14.2. The zero-order chi connectivity index (χ0) is 12.9. The lowest BCUT2D eigenvalue weighted by Gasteiger charge is -2.20. The fraction of sp³-hybridized carbons (Fsp3) is 0.667. The summed E-state index contributed by atoms with van der Waals surface area (Å²) in [6, 6.07) is 0. The molecule has 5 heteroatoms. The Bertz CT molecular complexity index is 360. The molecule has 0 aromatic carbocycles. The molecular formula is C12H21BrN4. The van der Waals surface area contributed by atoms with E-state index in [9.17, 15) is 0 Å². The van der Waals surface area contributed by atoms with E-state index < -0.39 is 0 Å². The molecule has 0 aliphatic rings. The monoisotopic (exact) mass is 300 g/mol. The van der Waals surface area contributed by atoms with Gasteiger partial charge in [0.1, 0.15) is 22.4 Å². The molecule has 1 heterocycles. The molecule has 0 radical (unpaired) electrons. The molecule has 0 bridgehead atoms. The van der Waals surface area contributed by atoms with E-state index in [-0.39, 0.29) is 5.41 Å². The first-order valence-electron chi connectivity index (χ1n) is 5.92. The number of nitrogens with one attached hydrogen (secondary N) is 2. The highest BCUT2D eigenvalue weighted by atomic mass is 79.9. The molecular weight excluding hydrogens is 280 g/mol. The lowest BCUT2D eigenvalue weighted by atomic mass is 9.97. The van der Waals surface area contributed by atoms with Crippen molar-refractivity contribution in [1.82, 2.24) is 9.97 Å². The van der Waals surface area contributed by atoms with Gasteiger partial charge in [-0.1, -0.05) is 27.7 Å². The summed E-state index contributed by atoms with van der Waals surface area (Å²) >= 11 is 3.53. The Hall–Kier alpha value is -0.840. The van der Waals surface area contributed by atoms with Crippen molar-refractivity contribution >= 4 is 27.6 Å². The Morgan fingerprint density at radius 1 is 1.18 bits per heavy atom. The molecule has 1 aromatic rings. The third kappa shape index (κ3) is 4.89. The minimum atomic E-state index is 0.224. The van der Waals surface area contributed by atoms with Crippen LogP contribution in [0.15, 0.2) is 10.8 Å². The van der Waals surface area contributed by atoms with Crippen LogP contribution in [0.5, 0.6) is 0 Å². The summed E-state index contributed by atoms with van der Waals surface area (Å²) < 4.78 is 0.901. The van der Waals surface area contributed by atoms with Gasteiger partial charge in [0.15, 0.2) is 0 Å². The Balaban J connectivity index is 2.72. The first-order chi connectivity index (χ1) is 7.94. The fourth-order valence-corrected chi connectivity index (χ4v) is 1.69. The van der Waals surface area contributed by atoms with Crippen molar-refractivity contribution in [2.24, 2.45) is 5.41 Å². The van der Waals surface area contributed by atoms with Crippen molar-refractivity contribution in [2.75, 3.05) is 23.7 Å². The largest absolute Gasteiger partial charge is 0.369 e. The highest BCUT2D eigenvalue weighted by molar-refractivity contribution is 9.10. The van der Waals surface area contributed by atoms with E-state index in [1.54, 1.807) is 6.33 Å². The predicted molar refractivity (Wildman–Crippen MR) is 76.5 cm³/mol. The molecule has 17 heavy (non-hydrogen) atoms. The van der Waals surface area contributed by atoms with Gasteiger partial charge >= 0.3 is 0 Å². The standard InChI is InChI=1S/C12H21BrN4/c1-5-6-14-10-9(13)11(17-8-16-10)15-7-12(2,3)4/h8H,5-7H2,1-4H3,(H2,14,15,16,17). The van der Waals surface area contributed by atoms with Crippen LogP contribution in [-0.2, 0) is 0 Å². The summed E-state index contributed by atoms with van der Waals surface area (Å²) in [6.07, 6.45) is 2.65. The Morgan fingerprint density at radius 3 is 2.29 bits per heavy atom. The van der Waals surface area contributed by atoms with Gasteiger partial charge in [0.2, 0.25) is 0 Å². The number of nitrogens with zero attached hydrogens (tertiary/aromatic N) is 2. The average molecular weight is 301 g/mol. The van der Waals surface area contributed by atoms with Gasteiger partial charge in [-0.2, -0.15) is 0 Å². The van der Waals surface area contributed by atoms with Gasteiger partial charge in [-0.25, -0.2) is 9.97 Å². The quantitative estimate of drug-likeness (QED) is 0.873. The van der Waals surface area contributed by atoms with Crippen molar-refractivity contribution in [1.29, 1.82) is 0 Å². The van der Waals surface area contributed by atoms with Gasteiger partial charge in [-0.15, -0.1) is 0 Å². The Labute approximate surface area is 112 Å². The van der Waals surface area contributed by atoms with E-state index >= 15 is 0 Å². The molecule has 0 aliphatic heterocycles. The summed E-state index contributed by atoms with van der Waals surface area (Å²) in [5.74, 6) is 1.69. The second kappa shape index (κ2) is 6.19. The first-order valence-corrected chi connectivity index (χ1v) is 6.71. The molecule has 1 aromatic heterocycles. The van der Waals surface area contributed by atoms with Crippen LogP contribution in [0.1, 0.15) is 34.1 Å². The molecule has 0 saturated heterocycles. The number of anilines is 2. The maximum atomic E-state index is 4.24. The summed E-state index contributed by atoms with van der Waals surface area (Å²) in [5.41, 5.74) is 0.224. The summed E-state index contributed by atoms with van der Waals surface area (Å²) in [5, 5.41) is 6.59. The molecule has 0 unspecified atom stereocenters. The fourth-order valence-electron chi connectivity index (χ4n) is 1.21. The highest BCUT2D eigenvalue weighted by Gasteiger charge is 2.13. The number of aromatic nitrogens is 2. The van der Waals surface area contributed by atoms with Crippen LogP contribution in [0.2, 0.25) is 0 Å². The zero-order valence-corrected chi connectivity index (χ0v) is 12.6. The highest BCUT2D eigenvalue weighted by Crippen LogP contribution is 2.27. The van der Waals surface area contributed by atoms with E-state index in [0.717, 1.165) is 35.6 Å². The summed E-state index contributed by atoms with van der Waals surface area (Å²) in [7, 11) is 0. The van der Waals surface area contributed by atoms with E-state index in [1.807, 2.05) is 0 Å². The van der Waals surface area contributed by atoms with Crippen LogP contribution in [-0.4, -0.2) is 23.1 Å². The molecule has 1 rings (SSSR count). The lowest BCUT2D eigenvalue weighted by Crippen LogP contribution is -2.20.